The SMILES string of the molecule is [N-]=[N+]=C1C=CC=CC1C(=O)O. The summed E-state index contributed by atoms with van der Waals surface area (Å²) in [5.41, 5.74) is 8.50. The molecule has 4 heteroatoms. The minimum Gasteiger partial charge on any atom is -0.480 e. The van der Waals surface area contributed by atoms with Gasteiger partial charge in [-0.15, -0.1) is 0 Å². The summed E-state index contributed by atoms with van der Waals surface area (Å²) >= 11 is 0. The molecule has 0 spiro atoms. The van der Waals surface area contributed by atoms with E-state index in [1.54, 1.807) is 12.2 Å². The van der Waals surface area contributed by atoms with Gasteiger partial charge in [0.05, 0.1) is 0 Å². The fourth-order valence-corrected chi connectivity index (χ4v) is 0.836. The van der Waals surface area contributed by atoms with E-state index < -0.39 is 11.9 Å². The van der Waals surface area contributed by atoms with Crippen LogP contribution in [0.25, 0.3) is 5.53 Å². The monoisotopic (exact) mass is 150 g/mol. The first kappa shape index (κ1) is 7.44. The highest BCUT2D eigenvalue weighted by Gasteiger charge is 2.26. The fraction of sp³-hybridized carbons (Fsp3) is 0.143. The van der Waals surface area contributed by atoms with Crippen molar-refractivity contribution in [3.8, 4) is 0 Å². The molecule has 0 bridgehead atoms. The normalized spacial score (nSPS) is 21.5. The lowest BCUT2D eigenvalue weighted by Gasteiger charge is -2.00. The van der Waals surface area contributed by atoms with Gasteiger partial charge < -0.3 is 10.6 Å². The maximum absolute atomic E-state index is 10.4. The molecule has 1 rings (SSSR count). The number of hydrogen-bond donors (Lipinski definition) is 1. The minimum absolute atomic E-state index is 0.153. The van der Waals surface area contributed by atoms with Gasteiger partial charge in [0.15, 0.2) is 5.92 Å². The van der Waals surface area contributed by atoms with Crippen molar-refractivity contribution < 1.29 is 14.7 Å². The molecule has 0 heterocycles. The first-order valence-electron chi connectivity index (χ1n) is 3.05. The van der Waals surface area contributed by atoms with Gasteiger partial charge in [-0.2, -0.15) is 4.79 Å². The summed E-state index contributed by atoms with van der Waals surface area (Å²) in [6.45, 7) is 0. The third kappa shape index (κ3) is 1.42. The van der Waals surface area contributed by atoms with Crippen LogP contribution in [-0.2, 0) is 4.79 Å². The maximum atomic E-state index is 10.4. The zero-order valence-corrected chi connectivity index (χ0v) is 5.64. The molecule has 1 aliphatic rings. The number of allylic oxidation sites excluding steroid dienone is 3. The molecule has 0 amide bonds. The van der Waals surface area contributed by atoms with Gasteiger partial charge in [-0.05, 0) is 0 Å². The van der Waals surface area contributed by atoms with Crippen LogP contribution >= 0.6 is 0 Å². The molecule has 4 nitrogen and oxygen atoms in total. The van der Waals surface area contributed by atoms with Gasteiger partial charge in [-0.3, -0.25) is 4.79 Å². The summed E-state index contributed by atoms with van der Waals surface area (Å²) in [6.07, 6.45) is 6.14. The Balaban J connectivity index is 2.97. The Kier molecular flexibility index (Phi) is 1.99. The third-order valence-electron chi connectivity index (χ3n) is 1.38. The Morgan fingerprint density at radius 2 is 2.36 bits per heavy atom. The van der Waals surface area contributed by atoms with Crippen LogP contribution in [0.4, 0.5) is 0 Å². The predicted molar refractivity (Wildman–Crippen MR) is 38.0 cm³/mol. The van der Waals surface area contributed by atoms with Crippen molar-refractivity contribution in [1.29, 1.82) is 0 Å². The highest BCUT2D eigenvalue weighted by Crippen LogP contribution is 2.07. The number of nitrogens with zero attached hydrogens (tertiary/aromatic N) is 2. The van der Waals surface area contributed by atoms with Gasteiger partial charge in [0.25, 0.3) is 0 Å². The van der Waals surface area contributed by atoms with Crippen molar-refractivity contribution in [3.63, 3.8) is 0 Å². The quantitative estimate of drug-likeness (QED) is 0.436. The summed E-state index contributed by atoms with van der Waals surface area (Å²) in [6, 6.07) is 0. The molecular formula is C7H6N2O2. The molecule has 1 aliphatic carbocycles. The summed E-state index contributed by atoms with van der Waals surface area (Å²) in [5, 5.41) is 8.56. The molecule has 0 aromatic rings. The lowest BCUT2D eigenvalue weighted by molar-refractivity contribution is -0.139. The smallest absolute Gasteiger partial charge is 0.322 e. The number of rotatable bonds is 1. The van der Waals surface area contributed by atoms with Crippen molar-refractivity contribution in [3.05, 3.63) is 29.8 Å². The van der Waals surface area contributed by atoms with Crippen LogP contribution in [0.3, 0.4) is 0 Å². The van der Waals surface area contributed by atoms with E-state index in [2.05, 4.69) is 4.79 Å². The van der Waals surface area contributed by atoms with Crippen LogP contribution in [-0.4, -0.2) is 21.6 Å². The van der Waals surface area contributed by atoms with Gasteiger partial charge >= 0.3 is 11.7 Å². The molecule has 56 valence electrons. The molecule has 0 saturated carbocycles. The lowest BCUT2D eigenvalue weighted by Crippen LogP contribution is -2.22. The summed E-state index contributed by atoms with van der Waals surface area (Å²) in [7, 11) is 0. The summed E-state index contributed by atoms with van der Waals surface area (Å²) in [4.78, 5) is 13.3. The van der Waals surface area contributed by atoms with Gasteiger partial charge in [-0.1, -0.05) is 18.2 Å². The highest BCUT2D eigenvalue weighted by atomic mass is 16.4. The lowest BCUT2D eigenvalue weighted by atomic mass is 9.99. The zero-order chi connectivity index (χ0) is 8.27. The zero-order valence-electron chi connectivity index (χ0n) is 5.64. The van der Waals surface area contributed by atoms with Crippen molar-refractivity contribution in [2.24, 2.45) is 5.92 Å². The van der Waals surface area contributed by atoms with E-state index in [1.165, 1.54) is 12.2 Å². The van der Waals surface area contributed by atoms with E-state index in [1.807, 2.05) is 0 Å². The van der Waals surface area contributed by atoms with E-state index in [0.29, 0.717) is 0 Å². The number of hydrogen-bond acceptors (Lipinski definition) is 1. The second-order valence-corrected chi connectivity index (χ2v) is 2.08. The average Bonchev–Trinajstić information content (AvgIpc) is 2.04. The van der Waals surface area contributed by atoms with E-state index in [-0.39, 0.29) is 5.71 Å². The van der Waals surface area contributed by atoms with Gasteiger partial charge in [0.1, 0.15) is 0 Å². The van der Waals surface area contributed by atoms with Crippen molar-refractivity contribution in [2.45, 2.75) is 0 Å². The van der Waals surface area contributed by atoms with Crippen LogP contribution in [0.15, 0.2) is 24.3 Å². The number of carboxylic acids is 1. The second kappa shape index (κ2) is 2.94. The largest absolute Gasteiger partial charge is 0.480 e. The molecule has 0 aromatic carbocycles. The summed E-state index contributed by atoms with van der Waals surface area (Å²) < 4.78 is 0. The van der Waals surface area contributed by atoms with Crippen LogP contribution in [0.1, 0.15) is 0 Å². The van der Waals surface area contributed by atoms with Crippen LogP contribution in [0.2, 0.25) is 0 Å². The molecule has 0 radical (unpaired) electrons. The first-order chi connectivity index (χ1) is 5.25. The summed E-state index contributed by atoms with van der Waals surface area (Å²) in [5.74, 6) is -1.83. The first-order valence-corrected chi connectivity index (χ1v) is 3.05. The second-order valence-electron chi connectivity index (χ2n) is 2.08. The molecule has 1 N–H and O–H groups in total. The van der Waals surface area contributed by atoms with E-state index in [9.17, 15) is 4.79 Å². The molecule has 1 atom stereocenters. The van der Waals surface area contributed by atoms with Crippen molar-refractivity contribution in [1.82, 2.24) is 0 Å². The molecular weight excluding hydrogens is 144 g/mol. The van der Waals surface area contributed by atoms with Crippen LogP contribution < -0.4 is 0 Å². The maximum Gasteiger partial charge on any atom is 0.322 e. The molecule has 11 heavy (non-hydrogen) atoms. The molecule has 1 unspecified atom stereocenters. The van der Waals surface area contributed by atoms with Gasteiger partial charge in [-0.25, -0.2) is 0 Å². The molecule has 0 aromatic heterocycles. The topological polar surface area (TPSA) is 73.7 Å². The van der Waals surface area contributed by atoms with Gasteiger partial charge in [0.2, 0.25) is 0 Å². The van der Waals surface area contributed by atoms with E-state index >= 15 is 0 Å². The Morgan fingerprint density at radius 3 is 2.82 bits per heavy atom. The molecule has 0 saturated heterocycles. The van der Waals surface area contributed by atoms with E-state index in [0.717, 1.165) is 0 Å². The Bertz CT molecular complexity index is 285. The van der Waals surface area contributed by atoms with Crippen molar-refractivity contribution in [2.75, 3.05) is 0 Å². The highest BCUT2D eigenvalue weighted by molar-refractivity contribution is 6.07. The predicted octanol–water partition coefficient (Wildman–Crippen LogP) is 0.484. The number of aliphatic carboxylic acids is 1. The van der Waals surface area contributed by atoms with Crippen LogP contribution in [0.5, 0.6) is 0 Å². The Morgan fingerprint density at radius 1 is 1.64 bits per heavy atom. The van der Waals surface area contributed by atoms with Crippen LogP contribution in [0, 0.1) is 5.92 Å². The van der Waals surface area contributed by atoms with Gasteiger partial charge in [0, 0.05) is 6.08 Å². The standard InChI is InChI=1S/C7H6N2O2/c8-9-6-4-2-1-3-5(6)7(10)11/h1-5H,(H,10,11). The van der Waals surface area contributed by atoms with E-state index in [4.69, 9.17) is 10.6 Å². The number of carboxylic acid groups (broad SMARTS) is 1. The third-order valence-corrected chi connectivity index (χ3v) is 1.38. The Labute approximate surface area is 63.1 Å². The molecule has 0 fully saturated rings. The minimum atomic E-state index is -1.02. The average molecular weight is 150 g/mol. The Hall–Kier alpha value is -1.67. The van der Waals surface area contributed by atoms with Crippen molar-refractivity contribution >= 4 is 11.7 Å². The molecule has 0 aliphatic heterocycles. The number of carbonyl (C=O) groups is 1. The fourth-order valence-electron chi connectivity index (χ4n) is 0.836.